The van der Waals surface area contributed by atoms with Gasteiger partial charge in [-0.15, -0.1) is 0 Å². The van der Waals surface area contributed by atoms with E-state index in [1.165, 1.54) is 17.0 Å². The van der Waals surface area contributed by atoms with Gasteiger partial charge in [0.2, 0.25) is 11.8 Å². The standard InChI is InChI=1S/C26H26FN5O3/c1-16-3-2-4-17(20(16)13-28)14-30-7-9-31(10-8-30)23-12-18(27)11-19-21(23)15-32(26(19)35)22-5-6-24(33)29-25(22)34/h2-4,11-12,22H,5-10,14-15H2,1H3,(H,29,33,34). The van der Waals surface area contributed by atoms with E-state index in [1.807, 2.05) is 25.1 Å². The third-order valence-electron chi connectivity index (χ3n) is 7.18. The number of hydrogen-bond acceptors (Lipinski definition) is 6. The van der Waals surface area contributed by atoms with Gasteiger partial charge in [0.1, 0.15) is 11.9 Å². The molecule has 3 amide bonds. The summed E-state index contributed by atoms with van der Waals surface area (Å²) < 4.78 is 14.6. The van der Waals surface area contributed by atoms with Crippen LogP contribution in [0.15, 0.2) is 30.3 Å². The molecule has 0 saturated carbocycles. The van der Waals surface area contributed by atoms with Crippen molar-refractivity contribution in [3.63, 3.8) is 0 Å². The molecule has 0 spiro atoms. The minimum atomic E-state index is -0.732. The van der Waals surface area contributed by atoms with Gasteiger partial charge in [0, 0.05) is 62.5 Å². The van der Waals surface area contributed by atoms with Crippen LogP contribution < -0.4 is 10.2 Å². The number of carbonyl (C=O) groups is 3. The Morgan fingerprint density at radius 2 is 1.91 bits per heavy atom. The molecule has 8 nitrogen and oxygen atoms in total. The molecule has 2 aromatic carbocycles. The quantitative estimate of drug-likeness (QED) is 0.681. The van der Waals surface area contributed by atoms with Gasteiger partial charge in [0.15, 0.2) is 0 Å². The van der Waals surface area contributed by atoms with E-state index in [4.69, 9.17) is 0 Å². The molecular formula is C26H26FN5O3. The maximum absolute atomic E-state index is 14.6. The highest BCUT2D eigenvalue weighted by Crippen LogP contribution is 2.35. The monoisotopic (exact) mass is 475 g/mol. The summed E-state index contributed by atoms with van der Waals surface area (Å²) in [6.45, 7) is 5.58. The predicted octanol–water partition coefficient (Wildman–Crippen LogP) is 2.09. The molecule has 1 atom stereocenters. The molecule has 0 aromatic heterocycles. The molecule has 1 N–H and O–H groups in total. The number of aryl methyl sites for hydroxylation is 1. The van der Waals surface area contributed by atoms with Gasteiger partial charge >= 0.3 is 0 Å². The highest BCUT2D eigenvalue weighted by atomic mass is 19.1. The maximum atomic E-state index is 14.6. The molecular weight excluding hydrogens is 449 g/mol. The fourth-order valence-corrected chi connectivity index (χ4v) is 5.30. The number of nitriles is 1. The number of amides is 3. The molecule has 0 aliphatic carbocycles. The van der Waals surface area contributed by atoms with Gasteiger partial charge in [0.25, 0.3) is 5.91 Å². The van der Waals surface area contributed by atoms with E-state index in [0.717, 1.165) is 29.8 Å². The summed E-state index contributed by atoms with van der Waals surface area (Å²) in [6, 6.07) is 10.1. The first-order valence-corrected chi connectivity index (χ1v) is 11.8. The summed E-state index contributed by atoms with van der Waals surface area (Å²) in [4.78, 5) is 42.8. The van der Waals surface area contributed by atoms with Crippen molar-refractivity contribution in [2.45, 2.75) is 38.9 Å². The van der Waals surface area contributed by atoms with Crippen LogP contribution in [0.4, 0.5) is 10.1 Å². The SMILES string of the molecule is Cc1cccc(CN2CCN(c3cc(F)cc4c3CN(C3CCC(=O)NC3=O)C4=O)CC2)c1C#N. The van der Waals surface area contributed by atoms with Crippen LogP contribution in [-0.2, 0) is 22.7 Å². The number of anilines is 1. The van der Waals surface area contributed by atoms with E-state index in [1.54, 1.807) is 0 Å². The van der Waals surface area contributed by atoms with Crippen LogP contribution in [0.1, 0.15) is 45.5 Å². The van der Waals surface area contributed by atoms with Gasteiger partial charge < -0.3 is 9.80 Å². The van der Waals surface area contributed by atoms with Crippen molar-refractivity contribution in [1.82, 2.24) is 15.1 Å². The van der Waals surface area contributed by atoms with Gasteiger partial charge in [-0.3, -0.25) is 24.6 Å². The predicted molar refractivity (Wildman–Crippen MR) is 126 cm³/mol. The minimum Gasteiger partial charge on any atom is -0.369 e. The molecule has 2 fully saturated rings. The first-order chi connectivity index (χ1) is 16.9. The molecule has 5 rings (SSSR count). The lowest BCUT2D eigenvalue weighted by molar-refractivity contribution is -0.136. The number of rotatable bonds is 4. The second kappa shape index (κ2) is 9.12. The molecule has 9 heteroatoms. The molecule has 1 unspecified atom stereocenters. The molecule has 0 radical (unpaired) electrons. The van der Waals surface area contributed by atoms with Gasteiger partial charge in [-0.05, 0) is 36.6 Å². The minimum absolute atomic E-state index is 0.175. The van der Waals surface area contributed by atoms with Crippen molar-refractivity contribution >= 4 is 23.4 Å². The lowest BCUT2D eigenvalue weighted by Crippen LogP contribution is -2.52. The van der Waals surface area contributed by atoms with Crippen LogP contribution in [0.2, 0.25) is 0 Å². The molecule has 35 heavy (non-hydrogen) atoms. The fourth-order valence-electron chi connectivity index (χ4n) is 5.30. The first-order valence-electron chi connectivity index (χ1n) is 11.8. The topological polar surface area (TPSA) is 96.8 Å². The molecule has 3 aliphatic rings. The number of piperazine rings is 1. The lowest BCUT2D eigenvalue weighted by atomic mass is 10.0. The number of halogens is 1. The van der Waals surface area contributed by atoms with E-state index in [9.17, 15) is 24.0 Å². The highest BCUT2D eigenvalue weighted by molar-refractivity contribution is 6.06. The number of piperidine rings is 1. The first kappa shape index (κ1) is 23.0. The van der Waals surface area contributed by atoms with Gasteiger partial charge in [0.05, 0.1) is 11.6 Å². The summed E-state index contributed by atoms with van der Waals surface area (Å²) in [5.41, 5.74) is 4.36. The maximum Gasteiger partial charge on any atom is 0.255 e. The van der Waals surface area contributed by atoms with E-state index in [0.29, 0.717) is 30.9 Å². The molecule has 2 aromatic rings. The molecule has 180 valence electrons. The second-order valence-electron chi connectivity index (χ2n) is 9.34. The zero-order valence-electron chi connectivity index (χ0n) is 19.5. The van der Waals surface area contributed by atoms with Crippen LogP contribution >= 0.6 is 0 Å². The van der Waals surface area contributed by atoms with E-state index in [-0.39, 0.29) is 36.8 Å². The number of carbonyl (C=O) groups excluding carboxylic acids is 3. The normalized spacial score (nSPS) is 20.6. The Morgan fingerprint density at radius 1 is 1.14 bits per heavy atom. The zero-order chi connectivity index (χ0) is 24.7. The summed E-state index contributed by atoms with van der Waals surface area (Å²) in [5.74, 6) is -1.69. The largest absolute Gasteiger partial charge is 0.369 e. The van der Waals surface area contributed by atoms with Crippen LogP contribution in [-0.4, -0.2) is 59.7 Å². The Kier molecular flexibility index (Phi) is 5.99. The molecule has 3 aliphatic heterocycles. The van der Waals surface area contributed by atoms with E-state index < -0.39 is 17.8 Å². The smallest absolute Gasteiger partial charge is 0.255 e. The van der Waals surface area contributed by atoms with Crippen molar-refractivity contribution in [2.75, 3.05) is 31.1 Å². The lowest BCUT2D eigenvalue weighted by Gasteiger charge is -2.37. The van der Waals surface area contributed by atoms with Crippen LogP contribution in [0.3, 0.4) is 0 Å². The Labute approximate surface area is 202 Å². The van der Waals surface area contributed by atoms with Crippen LogP contribution in [0, 0.1) is 24.1 Å². The zero-order valence-corrected chi connectivity index (χ0v) is 19.5. The summed E-state index contributed by atoms with van der Waals surface area (Å²) in [7, 11) is 0. The summed E-state index contributed by atoms with van der Waals surface area (Å²) in [6.07, 6.45) is 0.443. The molecule has 2 saturated heterocycles. The van der Waals surface area contributed by atoms with Gasteiger partial charge in [-0.2, -0.15) is 5.26 Å². The third kappa shape index (κ3) is 4.26. The number of nitrogens with one attached hydrogen (secondary N) is 1. The number of imide groups is 1. The van der Waals surface area contributed by atoms with Crippen LogP contribution in [0.5, 0.6) is 0 Å². The van der Waals surface area contributed by atoms with E-state index in [2.05, 4.69) is 21.2 Å². The Balaban J connectivity index is 1.32. The molecule has 0 bridgehead atoms. The summed E-state index contributed by atoms with van der Waals surface area (Å²) in [5, 5.41) is 11.8. The van der Waals surface area contributed by atoms with Gasteiger partial charge in [-0.25, -0.2) is 4.39 Å². The Morgan fingerprint density at radius 3 is 2.63 bits per heavy atom. The van der Waals surface area contributed by atoms with Crippen molar-refractivity contribution in [3.05, 3.63) is 64.0 Å². The second-order valence-corrected chi connectivity index (χ2v) is 9.34. The van der Waals surface area contributed by atoms with Crippen molar-refractivity contribution in [1.29, 1.82) is 5.26 Å². The van der Waals surface area contributed by atoms with Crippen LogP contribution in [0.25, 0.3) is 0 Å². The van der Waals surface area contributed by atoms with Crippen molar-refractivity contribution in [2.24, 2.45) is 0 Å². The average Bonchev–Trinajstić information content (AvgIpc) is 3.15. The highest BCUT2D eigenvalue weighted by Gasteiger charge is 2.41. The molecule has 3 heterocycles. The Hall–Kier alpha value is -3.77. The number of fused-ring (bicyclic) bond motifs is 1. The van der Waals surface area contributed by atoms with Gasteiger partial charge in [-0.1, -0.05) is 18.2 Å². The summed E-state index contributed by atoms with van der Waals surface area (Å²) >= 11 is 0. The number of benzene rings is 2. The third-order valence-corrected chi connectivity index (χ3v) is 7.18. The number of nitrogens with zero attached hydrogens (tertiary/aromatic N) is 4. The Bertz CT molecular complexity index is 1260. The van der Waals surface area contributed by atoms with Crippen molar-refractivity contribution < 1.29 is 18.8 Å². The average molecular weight is 476 g/mol. The fraction of sp³-hybridized carbons (Fsp3) is 0.385. The number of hydrogen-bond donors (Lipinski definition) is 1. The van der Waals surface area contributed by atoms with E-state index >= 15 is 0 Å². The van der Waals surface area contributed by atoms with Crippen molar-refractivity contribution in [3.8, 4) is 6.07 Å².